The molecule has 30 heavy (non-hydrogen) atoms. The van der Waals surface area contributed by atoms with E-state index in [-0.39, 0.29) is 17.2 Å². The van der Waals surface area contributed by atoms with E-state index < -0.39 is 16.1 Å². The zero-order chi connectivity index (χ0) is 21.6. The molecule has 1 amide bonds. The third kappa shape index (κ3) is 5.59. The molecule has 3 rings (SSSR count). The van der Waals surface area contributed by atoms with Crippen molar-refractivity contribution in [1.29, 1.82) is 0 Å². The fourth-order valence-electron chi connectivity index (χ4n) is 3.40. The normalized spacial score (nSPS) is 15.6. The molecule has 0 aliphatic carbocycles. The van der Waals surface area contributed by atoms with E-state index in [0.29, 0.717) is 38.7 Å². The Morgan fingerprint density at radius 2 is 1.87 bits per heavy atom. The highest BCUT2D eigenvalue weighted by Gasteiger charge is 2.30. The largest absolute Gasteiger partial charge is 0.494 e. The van der Waals surface area contributed by atoms with Gasteiger partial charge >= 0.3 is 0 Å². The predicted molar refractivity (Wildman–Crippen MR) is 114 cm³/mol. The number of amides is 1. The minimum Gasteiger partial charge on any atom is -0.494 e. The number of nitrogens with zero attached hydrogens (tertiary/aromatic N) is 1. The average molecular weight is 433 g/mol. The Kier molecular flexibility index (Phi) is 7.47. The van der Waals surface area contributed by atoms with Crippen LogP contribution < -0.4 is 9.46 Å². The lowest BCUT2D eigenvalue weighted by molar-refractivity contribution is -0.137. The maximum Gasteiger partial charge on any atom is 0.241 e. The van der Waals surface area contributed by atoms with E-state index in [1.807, 2.05) is 37.3 Å². The molecule has 1 unspecified atom stereocenters. The first-order valence-electron chi connectivity index (χ1n) is 10.1. The number of hydrogen-bond acceptors (Lipinski definition) is 5. The van der Waals surface area contributed by atoms with Crippen LogP contribution in [-0.2, 0) is 26.0 Å². The fourth-order valence-corrected chi connectivity index (χ4v) is 4.67. The first-order chi connectivity index (χ1) is 14.4. The van der Waals surface area contributed by atoms with Gasteiger partial charge in [0.15, 0.2) is 0 Å². The molecule has 1 heterocycles. The van der Waals surface area contributed by atoms with Crippen molar-refractivity contribution in [3.8, 4) is 5.75 Å². The zero-order valence-corrected chi connectivity index (χ0v) is 18.2. The molecule has 1 atom stereocenters. The van der Waals surface area contributed by atoms with E-state index in [1.165, 1.54) is 6.07 Å². The number of ether oxygens (including phenoxy) is 2. The number of rotatable bonds is 8. The number of sulfonamides is 1. The third-order valence-electron chi connectivity index (χ3n) is 4.96. The highest BCUT2D eigenvalue weighted by Crippen LogP contribution is 2.22. The maximum atomic E-state index is 13.1. The molecule has 0 spiro atoms. The van der Waals surface area contributed by atoms with Crippen molar-refractivity contribution in [2.75, 3.05) is 32.9 Å². The van der Waals surface area contributed by atoms with Gasteiger partial charge in [0.1, 0.15) is 11.8 Å². The smallest absolute Gasteiger partial charge is 0.241 e. The van der Waals surface area contributed by atoms with Crippen LogP contribution in [0.5, 0.6) is 5.75 Å². The molecule has 1 aliphatic rings. The molecule has 1 N–H and O–H groups in total. The van der Waals surface area contributed by atoms with Gasteiger partial charge in [0.05, 0.1) is 24.7 Å². The highest BCUT2D eigenvalue weighted by atomic mass is 32.2. The minimum atomic E-state index is -3.90. The van der Waals surface area contributed by atoms with E-state index in [0.717, 1.165) is 11.1 Å². The lowest BCUT2D eigenvalue weighted by atomic mass is 10.1. The van der Waals surface area contributed by atoms with Crippen LogP contribution in [0, 0.1) is 6.92 Å². The molecular formula is C22H28N2O5S. The van der Waals surface area contributed by atoms with E-state index in [4.69, 9.17) is 9.47 Å². The van der Waals surface area contributed by atoms with Crippen LogP contribution in [-0.4, -0.2) is 58.2 Å². The SMILES string of the molecule is CCOc1ccc(S(=O)(=O)NC(Cc2ccccc2)C(=O)N2CCOCC2)cc1C. The summed E-state index contributed by atoms with van der Waals surface area (Å²) in [5.74, 6) is 0.398. The van der Waals surface area contributed by atoms with Crippen LogP contribution in [0.2, 0.25) is 0 Å². The quantitative estimate of drug-likeness (QED) is 0.691. The average Bonchev–Trinajstić information content (AvgIpc) is 2.75. The van der Waals surface area contributed by atoms with Gasteiger partial charge in [-0.2, -0.15) is 4.72 Å². The number of carbonyl (C=O) groups excluding carboxylic acids is 1. The summed E-state index contributed by atoms with van der Waals surface area (Å²) in [4.78, 5) is 14.9. The van der Waals surface area contributed by atoms with E-state index in [9.17, 15) is 13.2 Å². The van der Waals surface area contributed by atoms with E-state index in [1.54, 1.807) is 24.0 Å². The van der Waals surface area contributed by atoms with Crippen LogP contribution in [0.25, 0.3) is 0 Å². The summed E-state index contributed by atoms with van der Waals surface area (Å²) in [6.07, 6.45) is 0.270. The molecule has 0 aromatic heterocycles. The second kappa shape index (κ2) is 10.1. The molecule has 1 saturated heterocycles. The first-order valence-corrected chi connectivity index (χ1v) is 11.6. The van der Waals surface area contributed by atoms with E-state index in [2.05, 4.69) is 4.72 Å². The molecule has 162 valence electrons. The number of carbonyl (C=O) groups is 1. The van der Waals surface area contributed by atoms with Crippen molar-refractivity contribution in [2.45, 2.75) is 31.2 Å². The van der Waals surface area contributed by atoms with Gasteiger partial charge in [-0.15, -0.1) is 0 Å². The van der Waals surface area contributed by atoms with Gasteiger partial charge in [-0.1, -0.05) is 30.3 Å². The van der Waals surface area contributed by atoms with Crippen molar-refractivity contribution in [1.82, 2.24) is 9.62 Å². The number of morpholine rings is 1. The summed E-state index contributed by atoms with van der Waals surface area (Å²) in [5.41, 5.74) is 1.61. The van der Waals surface area contributed by atoms with Crippen molar-refractivity contribution in [3.05, 3.63) is 59.7 Å². The maximum absolute atomic E-state index is 13.1. The van der Waals surface area contributed by atoms with Gasteiger partial charge in [-0.05, 0) is 49.6 Å². The van der Waals surface area contributed by atoms with Crippen molar-refractivity contribution < 1.29 is 22.7 Å². The van der Waals surface area contributed by atoms with Gasteiger partial charge in [0.2, 0.25) is 15.9 Å². The summed E-state index contributed by atoms with van der Waals surface area (Å²) < 4.78 is 39.6. The molecular weight excluding hydrogens is 404 g/mol. The predicted octanol–water partition coefficient (Wildman–Crippen LogP) is 2.14. The summed E-state index contributed by atoms with van der Waals surface area (Å²) in [5, 5.41) is 0. The topological polar surface area (TPSA) is 84.9 Å². The summed E-state index contributed by atoms with van der Waals surface area (Å²) in [6.45, 7) is 5.98. The molecule has 0 saturated carbocycles. The Morgan fingerprint density at radius 3 is 2.50 bits per heavy atom. The zero-order valence-electron chi connectivity index (χ0n) is 17.3. The van der Waals surface area contributed by atoms with Gasteiger partial charge in [0.25, 0.3) is 0 Å². The molecule has 0 bridgehead atoms. The number of benzene rings is 2. The number of hydrogen-bond donors (Lipinski definition) is 1. The summed E-state index contributed by atoms with van der Waals surface area (Å²) in [6, 6.07) is 13.2. The second-order valence-electron chi connectivity index (χ2n) is 7.16. The Balaban J connectivity index is 1.85. The Labute approximate surface area is 178 Å². The van der Waals surface area contributed by atoms with Crippen molar-refractivity contribution in [3.63, 3.8) is 0 Å². The Bertz CT molecular complexity index is 957. The first kappa shape index (κ1) is 22.3. The molecule has 1 fully saturated rings. The van der Waals surface area contributed by atoms with Gasteiger partial charge in [-0.25, -0.2) is 8.42 Å². The van der Waals surface area contributed by atoms with Crippen LogP contribution in [0.4, 0.5) is 0 Å². The third-order valence-corrected chi connectivity index (χ3v) is 6.43. The molecule has 1 aliphatic heterocycles. The lowest BCUT2D eigenvalue weighted by Crippen LogP contribution is -2.52. The van der Waals surface area contributed by atoms with Gasteiger partial charge < -0.3 is 14.4 Å². The molecule has 2 aromatic carbocycles. The number of nitrogens with one attached hydrogen (secondary N) is 1. The summed E-state index contributed by atoms with van der Waals surface area (Å²) in [7, 11) is -3.90. The monoisotopic (exact) mass is 432 g/mol. The van der Waals surface area contributed by atoms with E-state index >= 15 is 0 Å². The van der Waals surface area contributed by atoms with Crippen LogP contribution >= 0.6 is 0 Å². The Hall–Kier alpha value is -2.42. The molecule has 7 nitrogen and oxygen atoms in total. The standard InChI is InChI=1S/C22H28N2O5S/c1-3-29-21-10-9-19(15-17(21)2)30(26,27)23-20(16-18-7-5-4-6-8-18)22(25)24-11-13-28-14-12-24/h4-10,15,20,23H,3,11-14,16H2,1-2H3. The van der Waals surface area contributed by atoms with Crippen LogP contribution in [0.3, 0.4) is 0 Å². The molecule has 0 radical (unpaired) electrons. The lowest BCUT2D eigenvalue weighted by Gasteiger charge is -2.30. The minimum absolute atomic E-state index is 0.108. The second-order valence-corrected chi connectivity index (χ2v) is 8.88. The van der Waals surface area contributed by atoms with Gasteiger partial charge in [0, 0.05) is 13.1 Å². The highest BCUT2D eigenvalue weighted by molar-refractivity contribution is 7.89. The fraction of sp³-hybridized carbons (Fsp3) is 0.409. The van der Waals surface area contributed by atoms with Crippen LogP contribution in [0.15, 0.2) is 53.4 Å². The Morgan fingerprint density at radius 1 is 1.17 bits per heavy atom. The summed E-state index contributed by atoms with van der Waals surface area (Å²) >= 11 is 0. The van der Waals surface area contributed by atoms with Crippen LogP contribution in [0.1, 0.15) is 18.1 Å². The molecule has 8 heteroatoms. The molecule has 2 aromatic rings. The van der Waals surface area contributed by atoms with Crippen molar-refractivity contribution in [2.24, 2.45) is 0 Å². The number of aryl methyl sites for hydroxylation is 1. The van der Waals surface area contributed by atoms with Crippen molar-refractivity contribution >= 4 is 15.9 Å². The van der Waals surface area contributed by atoms with Gasteiger partial charge in [-0.3, -0.25) is 4.79 Å².